The van der Waals surface area contributed by atoms with Crippen LogP contribution >= 0.6 is 0 Å². The van der Waals surface area contributed by atoms with Crippen molar-refractivity contribution in [3.63, 3.8) is 0 Å². The van der Waals surface area contributed by atoms with Gasteiger partial charge in [0.05, 0.1) is 13.2 Å². The van der Waals surface area contributed by atoms with Gasteiger partial charge in [0.25, 0.3) is 0 Å². The molecule has 5 heteroatoms. The minimum atomic E-state index is -0.441. The first-order valence-electron chi connectivity index (χ1n) is 6.91. The Balaban J connectivity index is 1.67. The van der Waals surface area contributed by atoms with E-state index in [0.29, 0.717) is 19.8 Å². The number of amides is 1. The molecule has 1 atom stereocenters. The van der Waals surface area contributed by atoms with Crippen LogP contribution in [0.25, 0.3) is 0 Å². The van der Waals surface area contributed by atoms with Crippen LogP contribution in [-0.2, 0) is 9.53 Å². The Morgan fingerprint density at radius 2 is 2.33 bits per heavy atom. The van der Waals surface area contributed by atoms with Gasteiger partial charge in [-0.2, -0.15) is 0 Å². The summed E-state index contributed by atoms with van der Waals surface area (Å²) in [5.41, 5.74) is 5.21. The minimum absolute atomic E-state index is 0.0698. The highest BCUT2D eigenvalue weighted by molar-refractivity contribution is 5.84. The molecule has 18 heavy (non-hydrogen) atoms. The average molecular weight is 255 g/mol. The number of carbonyl (C=O) groups excluding carboxylic acids is 1. The molecule has 0 radical (unpaired) electrons. The predicted octanol–water partition coefficient (Wildman–Crippen LogP) is -0.190. The lowest BCUT2D eigenvalue weighted by Gasteiger charge is -2.38. The van der Waals surface area contributed by atoms with Crippen LogP contribution < -0.4 is 11.1 Å². The maximum Gasteiger partial charge on any atom is 0.232 e. The van der Waals surface area contributed by atoms with Crippen molar-refractivity contribution in [2.24, 2.45) is 17.1 Å². The van der Waals surface area contributed by atoms with Crippen molar-refractivity contribution in [3.8, 4) is 0 Å². The van der Waals surface area contributed by atoms with Gasteiger partial charge in [0.1, 0.15) is 5.41 Å². The molecule has 2 saturated heterocycles. The molecule has 2 aliphatic rings. The lowest BCUT2D eigenvalue weighted by Crippen LogP contribution is -2.58. The van der Waals surface area contributed by atoms with Gasteiger partial charge in [0.15, 0.2) is 0 Å². The van der Waals surface area contributed by atoms with E-state index in [4.69, 9.17) is 10.5 Å². The molecule has 2 fully saturated rings. The summed E-state index contributed by atoms with van der Waals surface area (Å²) in [7, 11) is 2.17. The summed E-state index contributed by atoms with van der Waals surface area (Å²) >= 11 is 0. The zero-order valence-electron chi connectivity index (χ0n) is 11.3. The third-order valence-electron chi connectivity index (χ3n) is 4.19. The molecule has 0 spiro atoms. The fraction of sp³-hybridized carbons (Fsp3) is 0.923. The molecule has 0 aromatic carbocycles. The van der Waals surface area contributed by atoms with E-state index in [0.717, 1.165) is 25.4 Å². The van der Waals surface area contributed by atoms with Gasteiger partial charge in [-0.05, 0) is 38.8 Å². The summed E-state index contributed by atoms with van der Waals surface area (Å²) in [6.07, 6.45) is 3.62. The van der Waals surface area contributed by atoms with Crippen LogP contribution in [0.3, 0.4) is 0 Å². The van der Waals surface area contributed by atoms with E-state index in [1.807, 2.05) is 0 Å². The molecule has 0 aliphatic carbocycles. The number of carbonyl (C=O) groups is 1. The van der Waals surface area contributed by atoms with Gasteiger partial charge in [-0.1, -0.05) is 0 Å². The van der Waals surface area contributed by atoms with E-state index in [9.17, 15) is 4.79 Å². The lowest BCUT2D eigenvalue weighted by atomic mass is 9.85. The average Bonchev–Trinajstić information content (AvgIpc) is 2.28. The molecule has 0 aromatic heterocycles. The summed E-state index contributed by atoms with van der Waals surface area (Å²) in [5, 5.41) is 3.02. The number of rotatable bonds is 5. The highest BCUT2D eigenvalue weighted by Gasteiger charge is 2.44. The van der Waals surface area contributed by atoms with Crippen LogP contribution in [0.5, 0.6) is 0 Å². The number of hydrogen-bond acceptors (Lipinski definition) is 4. The minimum Gasteiger partial charge on any atom is -0.379 e. The second-order valence-corrected chi connectivity index (χ2v) is 5.79. The third-order valence-corrected chi connectivity index (χ3v) is 4.19. The van der Waals surface area contributed by atoms with Crippen LogP contribution in [0, 0.1) is 11.3 Å². The maximum atomic E-state index is 12.0. The molecule has 2 rings (SSSR count). The number of likely N-dealkylation sites (tertiary alicyclic amines) is 1. The van der Waals surface area contributed by atoms with Crippen molar-refractivity contribution in [2.75, 3.05) is 46.4 Å². The smallest absolute Gasteiger partial charge is 0.232 e. The number of hydrogen-bond donors (Lipinski definition) is 2. The zero-order valence-corrected chi connectivity index (χ0v) is 11.3. The van der Waals surface area contributed by atoms with Gasteiger partial charge in [-0.25, -0.2) is 0 Å². The Bertz CT molecular complexity index is 286. The van der Waals surface area contributed by atoms with E-state index in [1.54, 1.807) is 0 Å². The second-order valence-electron chi connectivity index (χ2n) is 5.79. The summed E-state index contributed by atoms with van der Waals surface area (Å²) in [4.78, 5) is 14.4. The number of nitrogens with two attached hydrogens (primary N) is 1. The van der Waals surface area contributed by atoms with Crippen molar-refractivity contribution < 1.29 is 9.53 Å². The molecule has 1 amide bonds. The third kappa shape index (κ3) is 3.02. The Hall–Kier alpha value is -0.650. The molecule has 0 aromatic rings. The number of piperidine rings is 1. The summed E-state index contributed by atoms with van der Waals surface area (Å²) in [6.45, 7) is 4.45. The molecular formula is C13H25N3O2. The van der Waals surface area contributed by atoms with E-state index in [2.05, 4.69) is 17.3 Å². The summed E-state index contributed by atoms with van der Waals surface area (Å²) in [6, 6.07) is 0. The summed E-state index contributed by atoms with van der Waals surface area (Å²) in [5.74, 6) is 0.788. The first kappa shape index (κ1) is 13.8. The van der Waals surface area contributed by atoms with E-state index in [-0.39, 0.29) is 5.91 Å². The molecular weight excluding hydrogens is 230 g/mol. The molecule has 0 bridgehead atoms. The first-order valence-corrected chi connectivity index (χ1v) is 6.91. The monoisotopic (exact) mass is 255 g/mol. The highest BCUT2D eigenvalue weighted by atomic mass is 16.5. The van der Waals surface area contributed by atoms with Crippen LogP contribution in [0.2, 0.25) is 0 Å². The fourth-order valence-electron chi connectivity index (χ4n) is 2.78. The number of nitrogens with one attached hydrogen (secondary N) is 1. The molecule has 1 unspecified atom stereocenters. The van der Waals surface area contributed by atoms with Gasteiger partial charge in [0.2, 0.25) is 5.91 Å². The highest BCUT2D eigenvalue weighted by Crippen LogP contribution is 2.26. The molecule has 5 nitrogen and oxygen atoms in total. The van der Waals surface area contributed by atoms with Gasteiger partial charge < -0.3 is 20.7 Å². The van der Waals surface area contributed by atoms with Crippen molar-refractivity contribution in [3.05, 3.63) is 0 Å². The topological polar surface area (TPSA) is 67.6 Å². The van der Waals surface area contributed by atoms with Crippen molar-refractivity contribution in [2.45, 2.75) is 19.3 Å². The maximum absolute atomic E-state index is 12.0. The number of nitrogens with zero attached hydrogens (tertiary/aromatic N) is 1. The largest absolute Gasteiger partial charge is 0.379 e. The summed E-state index contributed by atoms with van der Waals surface area (Å²) < 4.78 is 5.11. The van der Waals surface area contributed by atoms with Crippen LogP contribution in [0.1, 0.15) is 19.3 Å². The molecule has 2 heterocycles. The van der Waals surface area contributed by atoms with Gasteiger partial charge in [-0.15, -0.1) is 0 Å². The molecule has 3 N–H and O–H groups in total. The Morgan fingerprint density at radius 3 is 2.89 bits per heavy atom. The van der Waals surface area contributed by atoms with Gasteiger partial charge in [0, 0.05) is 19.6 Å². The lowest BCUT2D eigenvalue weighted by molar-refractivity contribution is -0.159. The Kier molecular flexibility index (Phi) is 4.59. The van der Waals surface area contributed by atoms with Crippen LogP contribution in [-0.4, -0.2) is 57.2 Å². The molecule has 104 valence electrons. The normalized spacial score (nSPS) is 27.6. The van der Waals surface area contributed by atoms with Crippen LogP contribution in [0.15, 0.2) is 0 Å². The molecule has 0 saturated carbocycles. The Morgan fingerprint density at radius 1 is 1.56 bits per heavy atom. The van der Waals surface area contributed by atoms with Gasteiger partial charge >= 0.3 is 0 Å². The SMILES string of the molecule is CN1CCCC(CCNC(=O)C2(CN)COC2)C1. The van der Waals surface area contributed by atoms with E-state index in [1.165, 1.54) is 19.4 Å². The zero-order chi connectivity index (χ0) is 13.0. The second kappa shape index (κ2) is 5.99. The van der Waals surface area contributed by atoms with Crippen molar-refractivity contribution >= 4 is 5.91 Å². The fourth-order valence-corrected chi connectivity index (χ4v) is 2.78. The van der Waals surface area contributed by atoms with Gasteiger partial charge in [-0.3, -0.25) is 4.79 Å². The van der Waals surface area contributed by atoms with Crippen molar-refractivity contribution in [1.29, 1.82) is 0 Å². The quantitative estimate of drug-likeness (QED) is 0.714. The van der Waals surface area contributed by atoms with E-state index < -0.39 is 5.41 Å². The Labute approximate surface area is 109 Å². The number of ether oxygens (including phenoxy) is 1. The van der Waals surface area contributed by atoms with Crippen LogP contribution in [0.4, 0.5) is 0 Å². The molecule has 2 aliphatic heterocycles. The van der Waals surface area contributed by atoms with E-state index >= 15 is 0 Å². The standard InChI is InChI=1S/C13H25N3O2/c1-16-6-2-3-11(7-16)4-5-15-12(17)13(8-14)9-18-10-13/h11H,2-10,14H2,1H3,(H,15,17). The predicted molar refractivity (Wildman–Crippen MR) is 70.2 cm³/mol. The first-order chi connectivity index (χ1) is 8.66. The van der Waals surface area contributed by atoms with Crippen molar-refractivity contribution in [1.82, 2.24) is 10.2 Å².